The van der Waals surface area contributed by atoms with Gasteiger partial charge in [-0.05, 0) is 74.3 Å². The van der Waals surface area contributed by atoms with Crippen LogP contribution in [-0.2, 0) is 0 Å². The van der Waals surface area contributed by atoms with Crippen LogP contribution in [-0.4, -0.2) is 35.7 Å². The van der Waals surface area contributed by atoms with E-state index < -0.39 is 0 Å². The molecule has 3 aliphatic rings. The number of para-hydroxylation sites is 1. The van der Waals surface area contributed by atoms with Crippen LogP contribution in [0.1, 0.15) is 49.7 Å². The van der Waals surface area contributed by atoms with Gasteiger partial charge in [0.1, 0.15) is 11.5 Å². The summed E-state index contributed by atoms with van der Waals surface area (Å²) in [7, 11) is 0. The molecule has 2 fully saturated rings. The molecule has 1 saturated carbocycles. The van der Waals surface area contributed by atoms with Gasteiger partial charge in [0.15, 0.2) is 0 Å². The molecule has 2 aromatic rings. The predicted molar refractivity (Wildman–Crippen MR) is 118 cm³/mol. The minimum atomic E-state index is -0.0653. The molecule has 0 amide bonds. The van der Waals surface area contributed by atoms with Gasteiger partial charge < -0.3 is 14.7 Å². The highest BCUT2D eigenvalue weighted by atomic mass is 35.5. The smallest absolute Gasteiger partial charge is 0.135 e. The second kappa shape index (κ2) is 8.14. The molecule has 5 rings (SSSR count). The fourth-order valence-corrected chi connectivity index (χ4v) is 5.31. The van der Waals surface area contributed by atoms with E-state index in [0.717, 1.165) is 66.8 Å². The number of benzene rings is 2. The maximum atomic E-state index is 9.75. The minimum Gasteiger partial charge on any atom is -0.456 e. The Bertz CT molecular complexity index is 920. The molecule has 3 nitrogen and oxygen atoms in total. The van der Waals surface area contributed by atoms with E-state index in [0.29, 0.717) is 0 Å². The first-order valence-electron chi connectivity index (χ1n) is 10.9. The molecule has 1 saturated heterocycles. The lowest BCUT2D eigenvalue weighted by Crippen LogP contribution is -2.36. The lowest BCUT2D eigenvalue weighted by atomic mass is 9.85. The third-order valence-corrected chi connectivity index (χ3v) is 6.97. The van der Waals surface area contributed by atoms with E-state index in [1.54, 1.807) is 0 Å². The van der Waals surface area contributed by atoms with E-state index >= 15 is 0 Å². The second-order valence-electron chi connectivity index (χ2n) is 8.69. The largest absolute Gasteiger partial charge is 0.456 e. The summed E-state index contributed by atoms with van der Waals surface area (Å²) in [6.45, 7) is 3.39. The van der Waals surface area contributed by atoms with Crippen molar-refractivity contribution in [2.75, 3.05) is 19.6 Å². The number of nitrogens with zero attached hydrogens (tertiary/aromatic N) is 1. The van der Waals surface area contributed by atoms with E-state index in [1.165, 1.54) is 36.1 Å². The maximum absolute atomic E-state index is 9.75. The van der Waals surface area contributed by atoms with E-state index in [9.17, 15) is 5.11 Å². The van der Waals surface area contributed by atoms with Crippen molar-refractivity contribution in [3.05, 3.63) is 64.2 Å². The summed E-state index contributed by atoms with van der Waals surface area (Å²) in [5, 5.41) is 10.5. The molecular formula is C25H28ClNO2. The van der Waals surface area contributed by atoms with Crippen LogP contribution in [0.5, 0.6) is 11.5 Å². The first kappa shape index (κ1) is 19.2. The van der Waals surface area contributed by atoms with Crippen LogP contribution < -0.4 is 4.74 Å². The van der Waals surface area contributed by atoms with E-state index in [4.69, 9.17) is 16.3 Å². The zero-order valence-electron chi connectivity index (χ0n) is 16.7. The molecule has 29 heavy (non-hydrogen) atoms. The van der Waals surface area contributed by atoms with Gasteiger partial charge in [0, 0.05) is 35.8 Å². The number of hydrogen-bond donors (Lipinski definition) is 1. The Hall–Kier alpha value is -1.81. The molecule has 0 spiro atoms. The standard InChI is InChI=1S/C25H28ClNO2/c26-19-7-10-24-22(15-19)25(21-3-1-2-4-23(21)29-24)18-11-13-27(14-12-18)16-17-5-8-20(28)9-6-17/h1-4,7,10,15,17,20,28H,5-6,8-9,11-14,16H2/t17-,20-. The van der Waals surface area contributed by atoms with Crippen molar-refractivity contribution < 1.29 is 9.84 Å². The number of fused-ring (bicyclic) bond motifs is 2. The summed E-state index contributed by atoms with van der Waals surface area (Å²) in [5.74, 6) is 2.59. The summed E-state index contributed by atoms with van der Waals surface area (Å²) >= 11 is 6.35. The molecule has 152 valence electrons. The van der Waals surface area contributed by atoms with Gasteiger partial charge in [0.2, 0.25) is 0 Å². The molecule has 0 unspecified atom stereocenters. The zero-order valence-corrected chi connectivity index (χ0v) is 17.5. The van der Waals surface area contributed by atoms with Crippen LogP contribution in [0, 0.1) is 5.92 Å². The summed E-state index contributed by atoms with van der Waals surface area (Å²) in [5.41, 5.74) is 5.15. The molecule has 0 atom stereocenters. The van der Waals surface area contributed by atoms with Crippen molar-refractivity contribution in [1.82, 2.24) is 4.90 Å². The molecule has 0 radical (unpaired) electrons. The highest BCUT2D eigenvalue weighted by Crippen LogP contribution is 2.47. The normalized spacial score (nSPS) is 24.6. The van der Waals surface area contributed by atoms with Crippen molar-refractivity contribution in [2.45, 2.75) is 44.6 Å². The van der Waals surface area contributed by atoms with E-state index in [2.05, 4.69) is 29.2 Å². The van der Waals surface area contributed by atoms with Gasteiger partial charge in [0.25, 0.3) is 0 Å². The Kier molecular flexibility index (Phi) is 5.38. The molecular weight excluding hydrogens is 382 g/mol. The van der Waals surface area contributed by atoms with E-state index in [-0.39, 0.29) is 6.10 Å². The summed E-state index contributed by atoms with van der Waals surface area (Å²) < 4.78 is 6.16. The zero-order chi connectivity index (χ0) is 19.8. The summed E-state index contributed by atoms with van der Waals surface area (Å²) in [6.07, 6.45) is 6.40. The number of rotatable bonds is 2. The van der Waals surface area contributed by atoms with Gasteiger partial charge >= 0.3 is 0 Å². The van der Waals surface area contributed by atoms with Gasteiger partial charge in [0.05, 0.1) is 6.10 Å². The van der Waals surface area contributed by atoms with Crippen LogP contribution in [0.4, 0.5) is 0 Å². The first-order chi connectivity index (χ1) is 14.2. The van der Waals surface area contributed by atoms with Crippen molar-refractivity contribution in [3.8, 4) is 11.5 Å². The molecule has 0 bridgehead atoms. The van der Waals surface area contributed by atoms with Crippen molar-refractivity contribution >= 4 is 17.2 Å². The molecule has 2 heterocycles. The average molecular weight is 410 g/mol. The van der Waals surface area contributed by atoms with Gasteiger partial charge in [-0.25, -0.2) is 0 Å². The fourth-order valence-electron chi connectivity index (χ4n) is 5.14. The lowest BCUT2D eigenvalue weighted by Gasteiger charge is -2.35. The number of halogens is 1. The SMILES string of the molecule is O[C@H]1CC[C@H](CN2CCC(=C3c4ccccc4Oc4ccc(Cl)cc43)CC2)CC1. The Morgan fingerprint density at radius 1 is 0.931 bits per heavy atom. The minimum absolute atomic E-state index is 0.0653. The first-order valence-corrected chi connectivity index (χ1v) is 11.2. The Labute approximate surface area is 177 Å². The predicted octanol–water partition coefficient (Wildman–Crippen LogP) is 5.89. The molecule has 1 N–H and O–H groups in total. The average Bonchev–Trinajstić information content (AvgIpc) is 2.74. The number of likely N-dealkylation sites (tertiary alicyclic amines) is 1. The fraction of sp³-hybridized carbons (Fsp3) is 0.440. The highest BCUT2D eigenvalue weighted by Gasteiger charge is 2.28. The van der Waals surface area contributed by atoms with Crippen LogP contribution in [0.3, 0.4) is 0 Å². The maximum Gasteiger partial charge on any atom is 0.135 e. The third-order valence-electron chi connectivity index (χ3n) is 6.73. The van der Waals surface area contributed by atoms with Gasteiger partial charge in [-0.15, -0.1) is 0 Å². The van der Waals surface area contributed by atoms with Crippen LogP contribution in [0.15, 0.2) is 48.0 Å². The van der Waals surface area contributed by atoms with Gasteiger partial charge in [-0.3, -0.25) is 0 Å². The third kappa shape index (κ3) is 3.96. The number of aliphatic hydroxyl groups excluding tert-OH is 1. The lowest BCUT2D eigenvalue weighted by molar-refractivity contribution is 0.0923. The summed E-state index contributed by atoms with van der Waals surface area (Å²) in [4.78, 5) is 2.62. The van der Waals surface area contributed by atoms with E-state index in [1.807, 2.05) is 18.2 Å². The van der Waals surface area contributed by atoms with Crippen LogP contribution in [0.25, 0.3) is 5.57 Å². The monoisotopic (exact) mass is 409 g/mol. The molecule has 2 aliphatic heterocycles. The number of hydrogen-bond acceptors (Lipinski definition) is 3. The van der Waals surface area contributed by atoms with Crippen molar-refractivity contribution in [1.29, 1.82) is 0 Å². The second-order valence-corrected chi connectivity index (χ2v) is 9.13. The Morgan fingerprint density at radius 2 is 1.66 bits per heavy atom. The Morgan fingerprint density at radius 3 is 2.45 bits per heavy atom. The molecule has 2 aromatic carbocycles. The number of ether oxygens (including phenoxy) is 1. The molecule has 0 aromatic heterocycles. The Balaban J connectivity index is 1.39. The molecule has 4 heteroatoms. The number of piperidine rings is 1. The van der Waals surface area contributed by atoms with Crippen LogP contribution in [0.2, 0.25) is 5.02 Å². The van der Waals surface area contributed by atoms with Gasteiger partial charge in [-0.2, -0.15) is 0 Å². The highest BCUT2D eigenvalue weighted by molar-refractivity contribution is 6.30. The van der Waals surface area contributed by atoms with Crippen LogP contribution >= 0.6 is 11.6 Å². The topological polar surface area (TPSA) is 32.7 Å². The van der Waals surface area contributed by atoms with Crippen molar-refractivity contribution in [2.24, 2.45) is 5.92 Å². The van der Waals surface area contributed by atoms with Gasteiger partial charge in [-0.1, -0.05) is 35.4 Å². The quantitative estimate of drug-likeness (QED) is 0.572. The summed E-state index contributed by atoms with van der Waals surface area (Å²) in [6, 6.07) is 14.3. The number of aliphatic hydroxyl groups is 1. The van der Waals surface area contributed by atoms with Crippen molar-refractivity contribution in [3.63, 3.8) is 0 Å². The molecule has 1 aliphatic carbocycles.